The fourth-order valence-corrected chi connectivity index (χ4v) is 4.50. The molecular weight excluding hydrogens is 254 g/mol. The number of hydrogen-bond acceptors (Lipinski definition) is 3. The molecule has 1 aliphatic heterocycles. The maximum atomic E-state index is 12.7. The third-order valence-electron chi connectivity index (χ3n) is 5.85. The van der Waals surface area contributed by atoms with Gasteiger partial charge in [0.15, 0.2) is 0 Å². The molecule has 4 nitrogen and oxygen atoms in total. The first kappa shape index (κ1) is 14.1. The van der Waals surface area contributed by atoms with Crippen LogP contribution in [0.25, 0.3) is 0 Å². The molecule has 0 aromatic carbocycles. The van der Waals surface area contributed by atoms with Gasteiger partial charge in [0.05, 0.1) is 24.0 Å². The van der Waals surface area contributed by atoms with Crippen LogP contribution < -0.4 is 0 Å². The molecule has 0 radical (unpaired) electrons. The Kier molecular flexibility index (Phi) is 3.39. The normalized spacial score (nSPS) is 45.0. The summed E-state index contributed by atoms with van der Waals surface area (Å²) in [7, 11) is 0. The topological polar surface area (TPSA) is 57.6 Å². The zero-order chi connectivity index (χ0) is 14.5. The van der Waals surface area contributed by atoms with Gasteiger partial charge >= 0.3 is 0 Å². The summed E-state index contributed by atoms with van der Waals surface area (Å²) in [4.78, 5) is 26.8. The molecule has 2 amide bonds. The molecule has 4 heteroatoms. The predicted molar refractivity (Wildman–Crippen MR) is 74.7 cm³/mol. The van der Waals surface area contributed by atoms with E-state index in [1.807, 2.05) is 0 Å². The van der Waals surface area contributed by atoms with E-state index in [9.17, 15) is 14.7 Å². The van der Waals surface area contributed by atoms with Crippen LogP contribution >= 0.6 is 0 Å². The summed E-state index contributed by atoms with van der Waals surface area (Å²) in [5.74, 6) is 0.861. The number of imide groups is 1. The molecule has 20 heavy (non-hydrogen) atoms. The standard InChI is InChI=1S/C16H25NO3/c1-10-3-5-16(9-18,6-4-10)17-14(19)12-7-11(2)8-13(12)15(17)20/h10-13,18H,3-9H2,1-2H3. The first-order chi connectivity index (χ1) is 9.48. The third kappa shape index (κ3) is 1.92. The van der Waals surface area contributed by atoms with Crippen LogP contribution in [0.5, 0.6) is 0 Å². The van der Waals surface area contributed by atoms with Gasteiger partial charge in [0.2, 0.25) is 11.8 Å². The first-order valence-corrected chi connectivity index (χ1v) is 7.97. The van der Waals surface area contributed by atoms with E-state index in [0.29, 0.717) is 11.8 Å². The van der Waals surface area contributed by atoms with Crippen LogP contribution in [0, 0.1) is 23.7 Å². The minimum Gasteiger partial charge on any atom is -0.394 e. The lowest BCUT2D eigenvalue weighted by Crippen LogP contribution is -2.56. The molecule has 0 spiro atoms. The number of likely N-dealkylation sites (tertiary alicyclic amines) is 1. The zero-order valence-corrected chi connectivity index (χ0v) is 12.5. The van der Waals surface area contributed by atoms with E-state index < -0.39 is 5.54 Å². The van der Waals surface area contributed by atoms with Crippen LogP contribution in [-0.2, 0) is 9.59 Å². The molecule has 1 N–H and O–H groups in total. The van der Waals surface area contributed by atoms with Gasteiger partial charge in [0.25, 0.3) is 0 Å². The van der Waals surface area contributed by atoms with Crippen molar-refractivity contribution in [1.82, 2.24) is 4.90 Å². The van der Waals surface area contributed by atoms with E-state index >= 15 is 0 Å². The van der Waals surface area contributed by atoms with Gasteiger partial charge < -0.3 is 5.11 Å². The Hall–Kier alpha value is -0.900. The monoisotopic (exact) mass is 279 g/mol. The van der Waals surface area contributed by atoms with E-state index in [2.05, 4.69) is 13.8 Å². The summed E-state index contributed by atoms with van der Waals surface area (Å²) in [5.41, 5.74) is -0.603. The Bertz CT molecular complexity index is 401. The molecule has 0 aromatic heterocycles. The quantitative estimate of drug-likeness (QED) is 0.786. The Morgan fingerprint density at radius 1 is 1.05 bits per heavy atom. The Morgan fingerprint density at radius 2 is 1.55 bits per heavy atom. The van der Waals surface area contributed by atoms with E-state index in [-0.39, 0.29) is 30.3 Å². The van der Waals surface area contributed by atoms with Crippen molar-refractivity contribution >= 4 is 11.8 Å². The summed E-state index contributed by atoms with van der Waals surface area (Å²) >= 11 is 0. The van der Waals surface area contributed by atoms with Gasteiger partial charge in [-0.05, 0) is 50.4 Å². The van der Waals surface area contributed by atoms with Gasteiger partial charge in [-0.3, -0.25) is 14.5 Å². The maximum Gasteiger partial charge on any atom is 0.233 e. The van der Waals surface area contributed by atoms with Crippen molar-refractivity contribution in [3.05, 3.63) is 0 Å². The molecule has 3 fully saturated rings. The van der Waals surface area contributed by atoms with Crippen molar-refractivity contribution in [1.29, 1.82) is 0 Å². The van der Waals surface area contributed by atoms with Gasteiger partial charge in [0, 0.05) is 0 Å². The molecule has 2 saturated carbocycles. The summed E-state index contributed by atoms with van der Waals surface area (Å²) in [6.07, 6.45) is 5.17. The fraction of sp³-hybridized carbons (Fsp3) is 0.875. The van der Waals surface area contributed by atoms with Gasteiger partial charge in [-0.25, -0.2) is 0 Å². The van der Waals surface area contributed by atoms with Gasteiger partial charge in [-0.2, -0.15) is 0 Å². The number of fused-ring (bicyclic) bond motifs is 1. The van der Waals surface area contributed by atoms with Gasteiger partial charge in [-0.15, -0.1) is 0 Å². The molecule has 1 heterocycles. The molecule has 3 rings (SSSR count). The lowest BCUT2D eigenvalue weighted by molar-refractivity contribution is -0.152. The van der Waals surface area contributed by atoms with Gasteiger partial charge in [-0.1, -0.05) is 13.8 Å². The molecule has 3 aliphatic rings. The van der Waals surface area contributed by atoms with Crippen LogP contribution in [0.2, 0.25) is 0 Å². The van der Waals surface area contributed by atoms with Crippen LogP contribution in [0.4, 0.5) is 0 Å². The summed E-state index contributed by atoms with van der Waals surface area (Å²) < 4.78 is 0. The highest BCUT2D eigenvalue weighted by molar-refractivity contribution is 6.06. The SMILES string of the molecule is CC1CCC(CO)(N2C(=O)C3CC(C)CC3C2=O)CC1. The summed E-state index contributed by atoms with van der Waals surface area (Å²) in [6.45, 7) is 4.24. The Labute approximate surface area is 120 Å². The van der Waals surface area contributed by atoms with Crippen molar-refractivity contribution in [2.75, 3.05) is 6.61 Å². The second kappa shape index (κ2) is 4.83. The molecule has 2 unspecified atom stereocenters. The third-order valence-corrected chi connectivity index (χ3v) is 5.85. The average molecular weight is 279 g/mol. The highest BCUT2D eigenvalue weighted by atomic mass is 16.3. The number of amides is 2. The maximum absolute atomic E-state index is 12.7. The smallest absolute Gasteiger partial charge is 0.233 e. The van der Waals surface area contributed by atoms with Crippen molar-refractivity contribution in [2.24, 2.45) is 23.7 Å². The zero-order valence-electron chi connectivity index (χ0n) is 12.5. The first-order valence-electron chi connectivity index (χ1n) is 7.97. The lowest BCUT2D eigenvalue weighted by atomic mass is 9.76. The van der Waals surface area contributed by atoms with Crippen molar-refractivity contribution in [2.45, 2.75) is 57.9 Å². The van der Waals surface area contributed by atoms with E-state index in [1.165, 1.54) is 4.90 Å². The van der Waals surface area contributed by atoms with Crippen molar-refractivity contribution < 1.29 is 14.7 Å². The highest BCUT2D eigenvalue weighted by Crippen LogP contribution is 2.48. The van der Waals surface area contributed by atoms with E-state index in [1.54, 1.807) is 0 Å². The highest BCUT2D eigenvalue weighted by Gasteiger charge is 2.57. The molecule has 2 atom stereocenters. The molecule has 112 valence electrons. The van der Waals surface area contributed by atoms with E-state index in [0.717, 1.165) is 38.5 Å². The second-order valence-corrected chi connectivity index (χ2v) is 7.37. The number of nitrogens with zero attached hydrogens (tertiary/aromatic N) is 1. The van der Waals surface area contributed by atoms with Gasteiger partial charge in [0.1, 0.15) is 0 Å². The van der Waals surface area contributed by atoms with Crippen molar-refractivity contribution in [3.63, 3.8) is 0 Å². The van der Waals surface area contributed by atoms with Crippen LogP contribution in [-0.4, -0.2) is 34.0 Å². The second-order valence-electron chi connectivity index (χ2n) is 7.37. The number of carbonyl (C=O) groups excluding carboxylic acids is 2. The summed E-state index contributed by atoms with van der Waals surface area (Å²) in [5, 5.41) is 9.89. The average Bonchev–Trinajstić information content (AvgIpc) is 2.92. The minimum atomic E-state index is -0.603. The molecule has 2 aliphatic carbocycles. The predicted octanol–water partition coefficient (Wildman–Crippen LogP) is 1.96. The fourth-order valence-electron chi connectivity index (χ4n) is 4.50. The number of aliphatic hydroxyl groups excluding tert-OH is 1. The number of carbonyl (C=O) groups is 2. The van der Waals surface area contributed by atoms with E-state index in [4.69, 9.17) is 0 Å². The molecule has 0 bridgehead atoms. The number of aliphatic hydroxyl groups is 1. The van der Waals surface area contributed by atoms with Crippen molar-refractivity contribution in [3.8, 4) is 0 Å². The number of rotatable bonds is 2. The molecule has 1 saturated heterocycles. The largest absolute Gasteiger partial charge is 0.394 e. The van der Waals surface area contributed by atoms with Crippen LogP contribution in [0.3, 0.4) is 0 Å². The Balaban J connectivity index is 1.86. The molecular formula is C16H25NO3. The lowest BCUT2D eigenvalue weighted by Gasteiger charge is -2.44. The summed E-state index contributed by atoms with van der Waals surface area (Å²) in [6, 6.07) is 0. The van der Waals surface area contributed by atoms with Crippen LogP contribution in [0.1, 0.15) is 52.4 Å². The molecule has 0 aromatic rings. The Morgan fingerprint density at radius 3 is 2.00 bits per heavy atom. The minimum absolute atomic E-state index is 0.00652. The number of hydrogen-bond donors (Lipinski definition) is 1. The van der Waals surface area contributed by atoms with Crippen LogP contribution in [0.15, 0.2) is 0 Å².